The lowest BCUT2D eigenvalue weighted by atomic mass is 10.1. The van der Waals surface area contributed by atoms with Crippen LogP contribution in [-0.4, -0.2) is 48.3 Å². The van der Waals surface area contributed by atoms with Gasteiger partial charge in [-0.15, -0.1) is 0 Å². The first-order chi connectivity index (χ1) is 14.5. The average molecular weight is 454 g/mol. The molecule has 31 heavy (non-hydrogen) atoms. The fourth-order valence-electron chi connectivity index (χ4n) is 2.88. The molecule has 11 heteroatoms. The van der Waals surface area contributed by atoms with E-state index in [9.17, 15) is 31.2 Å². The summed E-state index contributed by atoms with van der Waals surface area (Å²) in [6, 6.07) is 14.1. The van der Waals surface area contributed by atoms with Crippen molar-refractivity contribution < 1.29 is 35.9 Å². The van der Waals surface area contributed by atoms with Gasteiger partial charge in [-0.1, -0.05) is 48.5 Å². The Hall–Kier alpha value is -3.34. The van der Waals surface area contributed by atoms with Crippen molar-refractivity contribution in [1.29, 1.82) is 0 Å². The molecule has 164 valence electrons. The zero-order valence-electron chi connectivity index (χ0n) is 16.2. The predicted octanol–water partition coefficient (Wildman–Crippen LogP) is 3.79. The number of Topliss-reactive ketones (excluding diaryl/α,β-unsaturated/α-hetero) is 1. The molecule has 1 amide bonds. The maximum Gasteiger partial charge on any atom is 0.517 e. The van der Waals surface area contributed by atoms with Gasteiger partial charge in [-0.2, -0.15) is 21.6 Å². The SMILES string of the molecule is CN(CC(=O)c1cn(S(=O)(=O)C(F)(F)F)c2ccccc12)C(=O)OCc1ccccc1. The number of likely N-dealkylation sites (N-methyl/N-ethyl adjacent to an activating group) is 1. The van der Waals surface area contributed by atoms with Crippen molar-refractivity contribution in [3.63, 3.8) is 0 Å². The number of fused-ring (bicyclic) bond motifs is 1. The van der Waals surface area contributed by atoms with Gasteiger partial charge in [0.15, 0.2) is 5.78 Å². The van der Waals surface area contributed by atoms with Crippen molar-refractivity contribution in [1.82, 2.24) is 8.87 Å². The van der Waals surface area contributed by atoms with E-state index < -0.39 is 34.0 Å². The van der Waals surface area contributed by atoms with Crippen LogP contribution in [0.1, 0.15) is 15.9 Å². The lowest BCUT2D eigenvalue weighted by molar-refractivity contribution is -0.0445. The molecule has 0 radical (unpaired) electrons. The number of alkyl halides is 3. The third-order valence-electron chi connectivity index (χ3n) is 4.43. The first kappa shape index (κ1) is 22.3. The van der Waals surface area contributed by atoms with Crippen molar-refractivity contribution in [2.24, 2.45) is 0 Å². The molecule has 0 saturated heterocycles. The molecular weight excluding hydrogens is 437 g/mol. The van der Waals surface area contributed by atoms with Gasteiger partial charge >= 0.3 is 21.6 Å². The molecule has 1 aromatic heterocycles. The number of hydrogen-bond acceptors (Lipinski definition) is 5. The Balaban J connectivity index is 1.82. The normalized spacial score (nSPS) is 12.0. The average Bonchev–Trinajstić information content (AvgIpc) is 3.12. The van der Waals surface area contributed by atoms with Gasteiger partial charge in [0.25, 0.3) is 0 Å². The highest BCUT2D eigenvalue weighted by Crippen LogP contribution is 2.31. The molecule has 7 nitrogen and oxygen atoms in total. The van der Waals surface area contributed by atoms with Crippen LogP contribution in [-0.2, 0) is 21.4 Å². The number of rotatable bonds is 6. The Morgan fingerprint density at radius 2 is 1.65 bits per heavy atom. The smallest absolute Gasteiger partial charge is 0.445 e. The summed E-state index contributed by atoms with van der Waals surface area (Å²) < 4.78 is 68.0. The van der Waals surface area contributed by atoms with Gasteiger partial charge < -0.3 is 9.64 Å². The van der Waals surface area contributed by atoms with Gasteiger partial charge in [0, 0.05) is 24.2 Å². The third kappa shape index (κ3) is 4.55. The molecule has 2 aromatic carbocycles. The van der Waals surface area contributed by atoms with Crippen LogP contribution in [0, 0.1) is 0 Å². The van der Waals surface area contributed by atoms with E-state index in [0.29, 0.717) is 6.20 Å². The monoisotopic (exact) mass is 454 g/mol. The Bertz CT molecular complexity index is 1220. The van der Waals surface area contributed by atoms with E-state index >= 15 is 0 Å². The van der Waals surface area contributed by atoms with Crippen LogP contribution in [0.25, 0.3) is 10.9 Å². The minimum atomic E-state index is -5.74. The molecule has 0 saturated carbocycles. The number of nitrogens with zero attached hydrogens (tertiary/aromatic N) is 2. The Labute approximate surface area is 175 Å². The summed E-state index contributed by atoms with van der Waals surface area (Å²) in [7, 11) is -4.45. The molecule has 0 aliphatic rings. The number of ether oxygens (including phenoxy) is 1. The Morgan fingerprint density at radius 3 is 2.29 bits per heavy atom. The molecular formula is C20H17F3N2O5S. The minimum absolute atomic E-state index is 0.0198. The highest BCUT2D eigenvalue weighted by molar-refractivity contribution is 7.90. The molecule has 3 rings (SSSR count). The van der Waals surface area contributed by atoms with Gasteiger partial charge in [-0.3, -0.25) is 4.79 Å². The van der Waals surface area contributed by atoms with Crippen LogP contribution in [0.4, 0.5) is 18.0 Å². The van der Waals surface area contributed by atoms with Gasteiger partial charge in [-0.05, 0) is 11.6 Å². The van der Waals surface area contributed by atoms with E-state index in [1.54, 1.807) is 30.3 Å². The molecule has 0 atom stereocenters. The summed E-state index contributed by atoms with van der Waals surface area (Å²) in [5.41, 5.74) is -5.37. The number of hydrogen-bond donors (Lipinski definition) is 0. The standard InChI is InChI=1S/C20H17F3N2O5S/c1-24(19(27)30-13-14-7-3-2-4-8-14)12-18(26)16-11-25(31(28,29)20(21,22)23)17-10-6-5-9-15(16)17/h2-11H,12-13H2,1H3. The molecule has 0 aliphatic carbocycles. The van der Waals surface area contributed by atoms with Gasteiger partial charge in [0.2, 0.25) is 0 Å². The van der Waals surface area contributed by atoms with E-state index in [1.807, 2.05) is 0 Å². The topological polar surface area (TPSA) is 85.7 Å². The highest BCUT2D eigenvalue weighted by Gasteiger charge is 2.48. The second-order valence-electron chi connectivity index (χ2n) is 6.63. The molecule has 1 heterocycles. The molecule has 0 spiro atoms. The number of ketones is 1. The number of aromatic nitrogens is 1. The third-order valence-corrected chi connectivity index (χ3v) is 5.83. The molecule has 0 bridgehead atoms. The fraction of sp³-hybridized carbons (Fsp3) is 0.200. The number of benzene rings is 2. The zero-order chi connectivity index (χ0) is 22.8. The summed E-state index contributed by atoms with van der Waals surface area (Å²) >= 11 is 0. The Kier molecular flexibility index (Phi) is 6.07. The highest BCUT2D eigenvalue weighted by atomic mass is 32.2. The molecule has 0 aliphatic heterocycles. The lowest BCUT2D eigenvalue weighted by Gasteiger charge is -2.16. The van der Waals surface area contributed by atoms with Crippen LogP contribution >= 0.6 is 0 Å². The van der Waals surface area contributed by atoms with Crippen LogP contribution < -0.4 is 0 Å². The van der Waals surface area contributed by atoms with E-state index in [-0.39, 0.29) is 27.0 Å². The van der Waals surface area contributed by atoms with Crippen molar-refractivity contribution in [2.75, 3.05) is 13.6 Å². The van der Waals surface area contributed by atoms with Crippen LogP contribution in [0.3, 0.4) is 0 Å². The fourth-order valence-corrected chi connectivity index (χ4v) is 3.76. The maximum absolute atomic E-state index is 13.0. The number of carbonyl (C=O) groups is 2. The van der Waals surface area contributed by atoms with Crippen molar-refractivity contribution >= 4 is 32.8 Å². The number of para-hydroxylation sites is 1. The summed E-state index contributed by atoms with van der Waals surface area (Å²) in [6.45, 7) is -0.547. The molecule has 3 aromatic rings. The van der Waals surface area contributed by atoms with Crippen molar-refractivity contribution in [2.45, 2.75) is 12.1 Å². The van der Waals surface area contributed by atoms with E-state index in [2.05, 4.69) is 0 Å². The lowest BCUT2D eigenvalue weighted by Crippen LogP contribution is -2.32. The van der Waals surface area contributed by atoms with Crippen LogP contribution in [0.15, 0.2) is 60.8 Å². The zero-order valence-corrected chi connectivity index (χ0v) is 17.0. The number of amides is 1. The summed E-state index contributed by atoms with van der Waals surface area (Å²) in [6.07, 6.45) is -0.192. The van der Waals surface area contributed by atoms with Crippen LogP contribution in [0.2, 0.25) is 0 Å². The summed E-state index contributed by atoms with van der Waals surface area (Å²) in [5, 5.41) is 0.0198. The summed E-state index contributed by atoms with van der Waals surface area (Å²) in [4.78, 5) is 25.8. The van der Waals surface area contributed by atoms with E-state index in [4.69, 9.17) is 4.74 Å². The maximum atomic E-state index is 13.0. The molecule has 0 N–H and O–H groups in total. The predicted molar refractivity (Wildman–Crippen MR) is 106 cm³/mol. The van der Waals surface area contributed by atoms with Crippen LogP contribution in [0.5, 0.6) is 0 Å². The van der Waals surface area contributed by atoms with Crippen molar-refractivity contribution in [3.05, 3.63) is 71.9 Å². The molecule has 0 unspecified atom stereocenters. The van der Waals surface area contributed by atoms with E-state index in [1.165, 1.54) is 25.2 Å². The van der Waals surface area contributed by atoms with Gasteiger partial charge in [0.1, 0.15) is 6.61 Å². The van der Waals surface area contributed by atoms with E-state index in [0.717, 1.165) is 16.5 Å². The van der Waals surface area contributed by atoms with Crippen molar-refractivity contribution in [3.8, 4) is 0 Å². The summed E-state index contributed by atoms with van der Waals surface area (Å²) in [5.74, 6) is -0.744. The Morgan fingerprint density at radius 1 is 1.03 bits per heavy atom. The first-order valence-electron chi connectivity index (χ1n) is 8.89. The first-order valence-corrected chi connectivity index (χ1v) is 10.3. The van der Waals surface area contributed by atoms with Gasteiger partial charge in [-0.25, -0.2) is 8.77 Å². The minimum Gasteiger partial charge on any atom is -0.445 e. The largest absolute Gasteiger partial charge is 0.517 e. The molecule has 0 fully saturated rings. The second kappa shape index (κ2) is 8.42. The number of halogens is 3. The second-order valence-corrected chi connectivity index (χ2v) is 8.43. The number of carbonyl (C=O) groups excluding carboxylic acids is 2. The van der Waals surface area contributed by atoms with Gasteiger partial charge in [0.05, 0.1) is 12.1 Å². The quantitative estimate of drug-likeness (QED) is 0.529.